The normalized spacial score (nSPS) is 10.5. The molecule has 0 aliphatic heterocycles. The van der Waals surface area contributed by atoms with Gasteiger partial charge in [0.25, 0.3) is 0 Å². The maximum Gasteiger partial charge on any atom is 0.310 e. The molecule has 0 fully saturated rings. The van der Waals surface area contributed by atoms with Crippen LogP contribution in [0.15, 0.2) is 18.2 Å². The van der Waals surface area contributed by atoms with Crippen LogP contribution in [0, 0.1) is 10.1 Å². The van der Waals surface area contributed by atoms with E-state index >= 15 is 0 Å². The summed E-state index contributed by atoms with van der Waals surface area (Å²) >= 11 is 0. The number of benzene rings is 1. The molecule has 8 nitrogen and oxygen atoms in total. The van der Waals surface area contributed by atoms with Crippen molar-refractivity contribution in [2.75, 3.05) is 7.11 Å². The summed E-state index contributed by atoms with van der Waals surface area (Å²) in [4.78, 5) is 10.3. The quantitative estimate of drug-likeness (QED) is 0.649. The Labute approximate surface area is 108 Å². The van der Waals surface area contributed by atoms with Crippen molar-refractivity contribution in [1.82, 2.24) is 14.8 Å². The van der Waals surface area contributed by atoms with E-state index in [2.05, 4.69) is 10.2 Å². The van der Waals surface area contributed by atoms with Crippen LogP contribution in [-0.2, 0) is 13.7 Å². The molecule has 0 bridgehead atoms. The van der Waals surface area contributed by atoms with Crippen molar-refractivity contribution in [2.45, 2.75) is 6.61 Å². The molecule has 2 rings (SSSR count). The van der Waals surface area contributed by atoms with Crippen LogP contribution in [0.4, 0.5) is 5.69 Å². The Morgan fingerprint density at radius 3 is 2.74 bits per heavy atom. The van der Waals surface area contributed by atoms with Gasteiger partial charge in [0.05, 0.1) is 12.0 Å². The number of hydrogen-bond donors (Lipinski definition) is 1. The Morgan fingerprint density at radius 1 is 1.47 bits per heavy atom. The number of hydrogen-bond acceptors (Lipinski definition) is 6. The topological polar surface area (TPSA) is 103 Å². The highest BCUT2D eigenvalue weighted by molar-refractivity contribution is 5.63. The number of aliphatic hydroxyl groups excluding tert-OH is 1. The van der Waals surface area contributed by atoms with Crippen LogP contribution in [0.2, 0.25) is 0 Å². The van der Waals surface area contributed by atoms with Crippen molar-refractivity contribution in [3.63, 3.8) is 0 Å². The van der Waals surface area contributed by atoms with E-state index in [0.29, 0.717) is 17.2 Å². The number of aromatic nitrogens is 3. The largest absolute Gasteiger partial charge is 0.490 e. The molecule has 2 aromatic rings. The fourth-order valence-corrected chi connectivity index (χ4v) is 1.72. The molecule has 100 valence electrons. The lowest BCUT2D eigenvalue weighted by atomic mass is 10.2. The Kier molecular flexibility index (Phi) is 3.43. The van der Waals surface area contributed by atoms with Crippen LogP contribution < -0.4 is 4.74 Å². The fraction of sp³-hybridized carbons (Fsp3) is 0.273. The van der Waals surface area contributed by atoms with Crippen molar-refractivity contribution in [1.29, 1.82) is 0 Å². The van der Waals surface area contributed by atoms with E-state index in [0.717, 1.165) is 0 Å². The summed E-state index contributed by atoms with van der Waals surface area (Å²) in [6, 6.07) is 4.43. The molecule has 0 saturated carbocycles. The van der Waals surface area contributed by atoms with Gasteiger partial charge in [0.2, 0.25) is 0 Å². The van der Waals surface area contributed by atoms with E-state index in [4.69, 9.17) is 9.84 Å². The zero-order valence-corrected chi connectivity index (χ0v) is 10.4. The minimum Gasteiger partial charge on any atom is -0.490 e. The molecule has 0 aliphatic rings. The highest BCUT2D eigenvalue weighted by Crippen LogP contribution is 2.31. The van der Waals surface area contributed by atoms with Crippen molar-refractivity contribution in [2.24, 2.45) is 7.05 Å². The Bertz CT molecular complexity index is 623. The average molecular weight is 264 g/mol. The third-order valence-electron chi connectivity index (χ3n) is 2.74. The van der Waals surface area contributed by atoms with E-state index in [1.807, 2.05) is 0 Å². The molecule has 1 N–H and O–H groups in total. The number of rotatable bonds is 4. The van der Waals surface area contributed by atoms with Gasteiger partial charge >= 0.3 is 5.69 Å². The third kappa shape index (κ3) is 2.25. The Hall–Kier alpha value is -2.48. The molecule has 0 aliphatic carbocycles. The molecule has 19 heavy (non-hydrogen) atoms. The number of nitrogens with zero attached hydrogens (tertiary/aromatic N) is 4. The van der Waals surface area contributed by atoms with Gasteiger partial charge in [-0.1, -0.05) is 0 Å². The van der Waals surface area contributed by atoms with Gasteiger partial charge < -0.3 is 14.4 Å². The Morgan fingerprint density at radius 2 is 2.21 bits per heavy atom. The summed E-state index contributed by atoms with van der Waals surface area (Å²) in [7, 11) is 3.07. The number of methoxy groups -OCH3 is 1. The summed E-state index contributed by atoms with van der Waals surface area (Å²) in [5.74, 6) is 1.06. The smallest absolute Gasteiger partial charge is 0.310 e. The lowest BCUT2D eigenvalue weighted by molar-refractivity contribution is -0.385. The third-order valence-corrected chi connectivity index (χ3v) is 2.74. The monoisotopic (exact) mass is 264 g/mol. The Balaban J connectivity index is 2.51. The zero-order chi connectivity index (χ0) is 14.0. The molecular weight excluding hydrogens is 252 g/mol. The summed E-state index contributed by atoms with van der Waals surface area (Å²) in [5, 5.41) is 27.6. The van der Waals surface area contributed by atoms with Crippen LogP contribution in [-0.4, -0.2) is 31.9 Å². The molecule has 0 unspecified atom stereocenters. The molecule has 8 heteroatoms. The molecule has 0 saturated heterocycles. The summed E-state index contributed by atoms with van der Waals surface area (Å²) in [6.45, 7) is -0.229. The average Bonchev–Trinajstić information content (AvgIpc) is 2.78. The molecule has 1 aromatic carbocycles. The lowest BCUT2D eigenvalue weighted by Crippen LogP contribution is -2.00. The van der Waals surface area contributed by atoms with Crippen LogP contribution in [0.5, 0.6) is 5.75 Å². The fourth-order valence-electron chi connectivity index (χ4n) is 1.72. The van der Waals surface area contributed by atoms with Gasteiger partial charge in [0.15, 0.2) is 17.4 Å². The SMILES string of the molecule is COc1cc(-c2nnc(CO)n2C)ccc1[N+](=O)[O-]. The van der Waals surface area contributed by atoms with Crippen molar-refractivity contribution in [3.05, 3.63) is 34.1 Å². The minimum atomic E-state index is -0.515. The van der Waals surface area contributed by atoms with Crippen LogP contribution in [0.3, 0.4) is 0 Å². The summed E-state index contributed by atoms with van der Waals surface area (Å²) < 4.78 is 6.61. The molecular formula is C11H12N4O4. The van der Waals surface area contributed by atoms with Gasteiger partial charge in [0, 0.05) is 18.7 Å². The summed E-state index contributed by atoms with van der Waals surface area (Å²) in [5.41, 5.74) is 0.507. The van der Waals surface area contributed by atoms with Crippen molar-refractivity contribution >= 4 is 5.69 Å². The van der Waals surface area contributed by atoms with E-state index < -0.39 is 4.92 Å². The lowest BCUT2D eigenvalue weighted by Gasteiger charge is -2.05. The molecule has 1 aromatic heterocycles. The summed E-state index contributed by atoms with van der Waals surface area (Å²) in [6.07, 6.45) is 0. The molecule has 0 radical (unpaired) electrons. The predicted octanol–water partition coefficient (Wildman–Crippen LogP) is 0.891. The maximum absolute atomic E-state index is 10.8. The van der Waals surface area contributed by atoms with Gasteiger partial charge in [0.1, 0.15) is 6.61 Å². The van der Waals surface area contributed by atoms with Gasteiger partial charge in [-0.25, -0.2) is 0 Å². The highest BCUT2D eigenvalue weighted by atomic mass is 16.6. The van der Waals surface area contributed by atoms with Gasteiger partial charge in [-0.2, -0.15) is 0 Å². The van der Waals surface area contributed by atoms with E-state index in [9.17, 15) is 10.1 Å². The first-order valence-corrected chi connectivity index (χ1v) is 5.40. The minimum absolute atomic E-state index is 0.115. The van der Waals surface area contributed by atoms with E-state index in [1.165, 1.54) is 19.2 Å². The van der Waals surface area contributed by atoms with Crippen LogP contribution in [0.1, 0.15) is 5.82 Å². The first-order valence-electron chi connectivity index (χ1n) is 5.40. The molecule has 1 heterocycles. The van der Waals surface area contributed by atoms with Crippen molar-refractivity contribution < 1.29 is 14.8 Å². The second-order valence-corrected chi connectivity index (χ2v) is 3.80. The van der Waals surface area contributed by atoms with Crippen LogP contribution >= 0.6 is 0 Å². The number of nitro groups is 1. The molecule has 0 amide bonds. The second-order valence-electron chi connectivity index (χ2n) is 3.80. The first-order chi connectivity index (χ1) is 9.08. The van der Waals surface area contributed by atoms with Crippen molar-refractivity contribution in [3.8, 4) is 17.1 Å². The maximum atomic E-state index is 10.8. The van der Waals surface area contributed by atoms with Crippen LogP contribution in [0.25, 0.3) is 11.4 Å². The molecule has 0 spiro atoms. The predicted molar refractivity (Wildman–Crippen MR) is 65.6 cm³/mol. The number of aliphatic hydroxyl groups is 1. The van der Waals surface area contributed by atoms with Gasteiger partial charge in [-0.15, -0.1) is 10.2 Å². The van der Waals surface area contributed by atoms with Gasteiger partial charge in [-0.3, -0.25) is 10.1 Å². The standard InChI is InChI=1S/C11H12N4O4/c1-14-10(6-16)12-13-11(14)7-3-4-8(15(17)18)9(5-7)19-2/h3-5,16H,6H2,1-2H3. The number of ether oxygens (including phenoxy) is 1. The van der Waals surface area contributed by atoms with E-state index in [-0.39, 0.29) is 18.0 Å². The second kappa shape index (κ2) is 5.02. The van der Waals surface area contributed by atoms with E-state index in [1.54, 1.807) is 17.7 Å². The first kappa shape index (κ1) is 13.0. The molecule has 0 atom stereocenters. The highest BCUT2D eigenvalue weighted by Gasteiger charge is 2.17. The van der Waals surface area contributed by atoms with Gasteiger partial charge in [-0.05, 0) is 12.1 Å². The zero-order valence-electron chi connectivity index (χ0n) is 10.4. The number of nitro benzene ring substituents is 1.